The quantitative estimate of drug-likeness (QED) is 0.826. The lowest BCUT2D eigenvalue weighted by molar-refractivity contribution is -0.115. The molecule has 0 radical (unpaired) electrons. The first-order valence-electron chi connectivity index (χ1n) is 5.39. The van der Waals surface area contributed by atoms with Crippen LogP contribution in [0.5, 0.6) is 0 Å². The third-order valence-electron chi connectivity index (χ3n) is 2.83. The minimum Gasteiger partial charge on any atom is -0.348 e. The highest BCUT2D eigenvalue weighted by molar-refractivity contribution is 9.10. The normalized spacial score (nSPS) is 15.9. The number of carbonyl (C=O) groups is 1. The van der Waals surface area contributed by atoms with Crippen LogP contribution >= 0.6 is 15.9 Å². The van der Waals surface area contributed by atoms with Crippen molar-refractivity contribution < 1.29 is 4.79 Å². The van der Waals surface area contributed by atoms with Crippen LogP contribution in [0.3, 0.4) is 0 Å². The van der Waals surface area contributed by atoms with Crippen LogP contribution in [0.1, 0.15) is 19.3 Å². The second kappa shape index (κ2) is 4.83. The Morgan fingerprint density at radius 1 is 1.19 bits per heavy atom. The van der Waals surface area contributed by atoms with E-state index in [0.717, 1.165) is 28.7 Å². The van der Waals surface area contributed by atoms with Crippen LogP contribution in [-0.4, -0.2) is 12.8 Å². The minimum absolute atomic E-state index is 0.241. The first kappa shape index (κ1) is 11.4. The van der Waals surface area contributed by atoms with E-state index < -0.39 is 0 Å². The van der Waals surface area contributed by atoms with Crippen LogP contribution in [0.4, 0.5) is 5.69 Å². The van der Waals surface area contributed by atoms with Gasteiger partial charge < -0.3 is 4.90 Å². The van der Waals surface area contributed by atoms with Crippen molar-refractivity contribution in [3.8, 4) is 0 Å². The van der Waals surface area contributed by atoms with E-state index in [-0.39, 0.29) is 5.78 Å². The predicted molar refractivity (Wildman–Crippen MR) is 69.5 cm³/mol. The maximum atomic E-state index is 11.4. The van der Waals surface area contributed by atoms with Gasteiger partial charge in [0.1, 0.15) is 0 Å². The van der Waals surface area contributed by atoms with E-state index in [1.165, 1.54) is 0 Å². The van der Waals surface area contributed by atoms with Gasteiger partial charge in [0.25, 0.3) is 0 Å². The van der Waals surface area contributed by atoms with Gasteiger partial charge in [0.15, 0.2) is 5.78 Å². The maximum Gasteiger partial charge on any atom is 0.157 e. The number of allylic oxidation sites excluding steroid dienone is 2. The maximum absolute atomic E-state index is 11.4. The van der Waals surface area contributed by atoms with Crippen LogP contribution in [0, 0.1) is 0 Å². The summed E-state index contributed by atoms with van der Waals surface area (Å²) in [5, 5.41) is 0. The summed E-state index contributed by atoms with van der Waals surface area (Å²) in [6.07, 6.45) is 4.41. The molecule has 0 aliphatic heterocycles. The van der Waals surface area contributed by atoms with Crippen molar-refractivity contribution in [1.29, 1.82) is 0 Å². The molecule has 0 heterocycles. The van der Waals surface area contributed by atoms with Crippen LogP contribution in [-0.2, 0) is 4.79 Å². The highest BCUT2D eigenvalue weighted by atomic mass is 79.9. The highest BCUT2D eigenvalue weighted by Gasteiger charge is 2.14. The van der Waals surface area contributed by atoms with Gasteiger partial charge in [-0.2, -0.15) is 0 Å². The SMILES string of the molecule is CN(C1=CC(=O)CCC1)c1ccc(Br)cc1. The standard InChI is InChI=1S/C13H14BrNO/c1-15(11-7-5-10(14)6-8-11)12-3-2-4-13(16)9-12/h5-9H,2-4H2,1H3. The zero-order valence-electron chi connectivity index (χ0n) is 9.24. The molecule has 3 heteroatoms. The number of ketones is 1. The Hall–Kier alpha value is -1.09. The zero-order valence-corrected chi connectivity index (χ0v) is 10.8. The van der Waals surface area contributed by atoms with Gasteiger partial charge >= 0.3 is 0 Å². The van der Waals surface area contributed by atoms with Crippen LogP contribution < -0.4 is 4.90 Å². The summed E-state index contributed by atoms with van der Waals surface area (Å²) in [6.45, 7) is 0. The molecule has 1 aromatic rings. The van der Waals surface area contributed by atoms with Crippen molar-refractivity contribution in [1.82, 2.24) is 0 Å². The Balaban J connectivity index is 2.21. The molecule has 0 bridgehead atoms. The van der Waals surface area contributed by atoms with Gasteiger partial charge in [-0.05, 0) is 37.1 Å². The summed E-state index contributed by atoms with van der Waals surface area (Å²) in [4.78, 5) is 13.4. The van der Waals surface area contributed by atoms with Gasteiger partial charge in [-0.15, -0.1) is 0 Å². The van der Waals surface area contributed by atoms with Crippen molar-refractivity contribution in [2.24, 2.45) is 0 Å². The van der Waals surface area contributed by atoms with Crippen LogP contribution in [0.2, 0.25) is 0 Å². The molecule has 2 rings (SSSR count). The number of nitrogens with zero attached hydrogens (tertiary/aromatic N) is 1. The van der Waals surface area contributed by atoms with Gasteiger partial charge in [0, 0.05) is 35.4 Å². The Kier molecular flexibility index (Phi) is 3.44. The monoisotopic (exact) mass is 279 g/mol. The summed E-state index contributed by atoms with van der Waals surface area (Å²) < 4.78 is 1.07. The fraction of sp³-hybridized carbons (Fsp3) is 0.308. The van der Waals surface area contributed by atoms with E-state index in [4.69, 9.17) is 0 Å². The lowest BCUT2D eigenvalue weighted by atomic mass is 10.0. The summed E-state index contributed by atoms with van der Waals surface area (Å²) in [6, 6.07) is 8.11. The average Bonchev–Trinajstić information content (AvgIpc) is 2.29. The number of anilines is 1. The molecule has 0 fully saturated rings. The third-order valence-corrected chi connectivity index (χ3v) is 3.36. The molecular weight excluding hydrogens is 266 g/mol. The molecule has 0 amide bonds. The molecule has 0 spiro atoms. The highest BCUT2D eigenvalue weighted by Crippen LogP contribution is 2.25. The van der Waals surface area contributed by atoms with E-state index in [2.05, 4.69) is 20.8 Å². The third kappa shape index (κ3) is 2.53. The second-order valence-corrected chi connectivity index (χ2v) is 4.91. The molecule has 0 aromatic heterocycles. The Morgan fingerprint density at radius 3 is 2.50 bits per heavy atom. The summed E-state index contributed by atoms with van der Waals surface area (Å²) in [5.74, 6) is 0.241. The first-order valence-corrected chi connectivity index (χ1v) is 6.19. The fourth-order valence-electron chi connectivity index (χ4n) is 1.87. The zero-order chi connectivity index (χ0) is 11.5. The van der Waals surface area contributed by atoms with Gasteiger partial charge in [0.05, 0.1) is 0 Å². The second-order valence-electron chi connectivity index (χ2n) is 3.99. The number of halogens is 1. The number of benzene rings is 1. The fourth-order valence-corrected chi connectivity index (χ4v) is 2.13. The van der Waals surface area contributed by atoms with Crippen molar-refractivity contribution in [3.63, 3.8) is 0 Å². The van der Waals surface area contributed by atoms with Crippen molar-refractivity contribution in [3.05, 3.63) is 40.5 Å². The molecule has 0 atom stereocenters. The Morgan fingerprint density at radius 2 is 1.88 bits per heavy atom. The molecule has 1 aromatic carbocycles. The molecule has 0 saturated carbocycles. The predicted octanol–water partition coefficient (Wildman–Crippen LogP) is 3.52. The summed E-state index contributed by atoms with van der Waals surface area (Å²) in [7, 11) is 2.01. The van der Waals surface area contributed by atoms with Gasteiger partial charge in [0.2, 0.25) is 0 Å². The minimum atomic E-state index is 0.241. The van der Waals surface area contributed by atoms with Gasteiger partial charge in [-0.3, -0.25) is 4.79 Å². The Labute approximate surface area is 104 Å². The molecular formula is C13H14BrNO. The first-order chi connectivity index (χ1) is 7.66. The molecule has 84 valence electrons. The van der Waals surface area contributed by atoms with Crippen molar-refractivity contribution in [2.75, 3.05) is 11.9 Å². The van der Waals surface area contributed by atoms with Gasteiger partial charge in [-0.1, -0.05) is 15.9 Å². The Bertz CT molecular complexity index is 422. The molecule has 1 aliphatic carbocycles. The number of rotatable bonds is 2. The van der Waals surface area contributed by atoms with E-state index in [1.54, 1.807) is 6.08 Å². The van der Waals surface area contributed by atoms with Crippen LogP contribution in [0.15, 0.2) is 40.5 Å². The lowest BCUT2D eigenvalue weighted by Gasteiger charge is -2.24. The molecule has 0 N–H and O–H groups in total. The lowest BCUT2D eigenvalue weighted by Crippen LogP contribution is -2.20. The molecule has 0 saturated heterocycles. The van der Waals surface area contributed by atoms with Crippen molar-refractivity contribution >= 4 is 27.4 Å². The van der Waals surface area contributed by atoms with E-state index >= 15 is 0 Å². The summed E-state index contributed by atoms with van der Waals surface area (Å²) >= 11 is 3.41. The van der Waals surface area contributed by atoms with E-state index in [0.29, 0.717) is 6.42 Å². The molecule has 1 aliphatic rings. The van der Waals surface area contributed by atoms with Crippen LogP contribution in [0.25, 0.3) is 0 Å². The average molecular weight is 280 g/mol. The number of hydrogen-bond acceptors (Lipinski definition) is 2. The topological polar surface area (TPSA) is 20.3 Å². The molecule has 16 heavy (non-hydrogen) atoms. The largest absolute Gasteiger partial charge is 0.348 e. The van der Waals surface area contributed by atoms with Crippen molar-refractivity contribution in [2.45, 2.75) is 19.3 Å². The summed E-state index contributed by atoms with van der Waals surface area (Å²) in [5.41, 5.74) is 2.22. The van der Waals surface area contributed by atoms with Gasteiger partial charge in [-0.25, -0.2) is 0 Å². The number of carbonyl (C=O) groups excluding carboxylic acids is 1. The van der Waals surface area contributed by atoms with E-state index in [1.807, 2.05) is 31.3 Å². The van der Waals surface area contributed by atoms with E-state index in [9.17, 15) is 4.79 Å². The molecule has 0 unspecified atom stereocenters. The molecule has 2 nitrogen and oxygen atoms in total. The number of hydrogen-bond donors (Lipinski definition) is 0. The smallest absolute Gasteiger partial charge is 0.157 e.